The van der Waals surface area contributed by atoms with E-state index in [1.165, 1.54) is 12.1 Å². The van der Waals surface area contributed by atoms with Gasteiger partial charge in [0.25, 0.3) is 6.43 Å². The van der Waals surface area contributed by atoms with E-state index >= 15 is 0 Å². The lowest BCUT2D eigenvalue weighted by atomic mass is 9.89. The van der Waals surface area contributed by atoms with Crippen molar-refractivity contribution in [2.45, 2.75) is 38.0 Å². The van der Waals surface area contributed by atoms with E-state index in [1.807, 2.05) is 0 Å². The number of hydrogen-bond donors (Lipinski definition) is 1. The van der Waals surface area contributed by atoms with E-state index in [2.05, 4.69) is 10.3 Å². The average molecular weight is 390 g/mol. The fourth-order valence-corrected chi connectivity index (χ4v) is 3.42. The average Bonchev–Trinajstić information content (AvgIpc) is 2.65. The van der Waals surface area contributed by atoms with Crippen LogP contribution in [0.25, 0.3) is 10.8 Å². The Hall–Kier alpha value is -2.67. The van der Waals surface area contributed by atoms with Gasteiger partial charge < -0.3 is 10.1 Å². The molecule has 0 atom stereocenters. The van der Waals surface area contributed by atoms with E-state index in [1.54, 1.807) is 24.5 Å². The molecule has 0 aliphatic heterocycles. The molecule has 4 rings (SSSR count). The molecule has 2 aromatic carbocycles. The molecule has 0 radical (unpaired) electrons. The molecule has 0 bridgehead atoms. The Morgan fingerprint density at radius 1 is 1.07 bits per heavy atom. The number of aromatic nitrogens is 1. The van der Waals surface area contributed by atoms with Gasteiger partial charge in [0.1, 0.15) is 23.5 Å². The summed E-state index contributed by atoms with van der Waals surface area (Å²) in [7, 11) is 0. The Balaban J connectivity index is 1.34. The second-order valence-electron chi connectivity index (χ2n) is 6.90. The van der Waals surface area contributed by atoms with Gasteiger partial charge in [0.05, 0.1) is 5.56 Å². The largest absolute Gasteiger partial charge is 0.490 e. The highest BCUT2D eigenvalue weighted by molar-refractivity contribution is 5.84. The number of hydrogen-bond acceptors (Lipinski definition) is 3. The van der Waals surface area contributed by atoms with Crippen molar-refractivity contribution in [3.63, 3.8) is 0 Å². The molecule has 0 saturated heterocycles. The van der Waals surface area contributed by atoms with Gasteiger partial charge in [-0.25, -0.2) is 17.6 Å². The molecule has 3 aromatic rings. The first-order valence-corrected chi connectivity index (χ1v) is 9.00. The lowest BCUT2D eigenvalue weighted by molar-refractivity contribution is 0.0831. The van der Waals surface area contributed by atoms with E-state index in [-0.39, 0.29) is 23.7 Å². The number of pyridine rings is 1. The molecular weight excluding hydrogens is 372 g/mol. The number of ether oxygens (including phenoxy) is 1. The predicted molar refractivity (Wildman–Crippen MR) is 97.3 cm³/mol. The summed E-state index contributed by atoms with van der Waals surface area (Å²) in [5, 5.41) is 5.00. The van der Waals surface area contributed by atoms with E-state index in [0.717, 1.165) is 22.9 Å². The van der Waals surface area contributed by atoms with Gasteiger partial charge in [-0.2, -0.15) is 0 Å². The summed E-state index contributed by atoms with van der Waals surface area (Å²) in [6.45, 7) is 0.372. The first kappa shape index (κ1) is 18.7. The SMILES string of the molecule is Fc1ccc(O[C@H]2C[C@H](NCc3c(F)ccc4cnccc34)C2)cc1C(F)F. The summed E-state index contributed by atoms with van der Waals surface area (Å²) in [5.41, 5.74) is -0.0724. The summed E-state index contributed by atoms with van der Waals surface area (Å²) in [4.78, 5) is 4.05. The van der Waals surface area contributed by atoms with Crippen LogP contribution in [0.5, 0.6) is 5.75 Å². The van der Waals surface area contributed by atoms with Gasteiger partial charge in [-0.1, -0.05) is 0 Å². The third-order valence-electron chi connectivity index (χ3n) is 5.04. The zero-order valence-electron chi connectivity index (χ0n) is 14.8. The summed E-state index contributed by atoms with van der Waals surface area (Å²) >= 11 is 0. The number of nitrogens with one attached hydrogen (secondary N) is 1. The molecule has 0 amide bonds. The van der Waals surface area contributed by atoms with Crippen molar-refractivity contribution in [2.75, 3.05) is 0 Å². The summed E-state index contributed by atoms with van der Waals surface area (Å²) in [6.07, 6.45) is 1.63. The Labute approximate surface area is 159 Å². The first-order valence-electron chi connectivity index (χ1n) is 9.00. The molecule has 1 heterocycles. The van der Waals surface area contributed by atoms with Crippen LogP contribution in [-0.4, -0.2) is 17.1 Å². The van der Waals surface area contributed by atoms with Crippen molar-refractivity contribution in [3.8, 4) is 5.75 Å². The van der Waals surface area contributed by atoms with Crippen LogP contribution in [0.4, 0.5) is 17.6 Å². The fraction of sp³-hybridized carbons (Fsp3) is 0.286. The Kier molecular flexibility index (Phi) is 5.17. The van der Waals surface area contributed by atoms with Crippen LogP contribution >= 0.6 is 0 Å². The molecule has 0 spiro atoms. The van der Waals surface area contributed by atoms with Crippen LogP contribution in [0.2, 0.25) is 0 Å². The molecule has 7 heteroatoms. The third kappa shape index (κ3) is 3.80. The van der Waals surface area contributed by atoms with Crippen LogP contribution in [0.3, 0.4) is 0 Å². The molecule has 1 aliphatic rings. The molecule has 1 aromatic heterocycles. The van der Waals surface area contributed by atoms with Gasteiger partial charge in [0.15, 0.2) is 0 Å². The molecule has 146 valence electrons. The maximum Gasteiger partial charge on any atom is 0.266 e. The van der Waals surface area contributed by atoms with Crippen LogP contribution in [-0.2, 0) is 6.54 Å². The monoisotopic (exact) mass is 390 g/mol. The summed E-state index contributed by atoms with van der Waals surface area (Å²) < 4.78 is 58.7. The second-order valence-corrected chi connectivity index (χ2v) is 6.90. The molecule has 28 heavy (non-hydrogen) atoms. The number of benzene rings is 2. The zero-order valence-corrected chi connectivity index (χ0v) is 14.8. The topological polar surface area (TPSA) is 34.1 Å². The molecule has 1 saturated carbocycles. The van der Waals surface area contributed by atoms with E-state index in [9.17, 15) is 17.6 Å². The molecule has 1 N–H and O–H groups in total. The number of halogens is 4. The number of rotatable bonds is 6. The third-order valence-corrected chi connectivity index (χ3v) is 5.04. The van der Waals surface area contributed by atoms with Gasteiger partial charge in [0, 0.05) is 35.9 Å². The number of nitrogens with zero attached hydrogens (tertiary/aromatic N) is 1. The number of alkyl halides is 2. The molecule has 0 unspecified atom stereocenters. The minimum atomic E-state index is -2.88. The van der Waals surface area contributed by atoms with Crippen molar-refractivity contribution >= 4 is 10.8 Å². The van der Waals surface area contributed by atoms with Crippen molar-refractivity contribution in [1.29, 1.82) is 0 Å². The highest BCUT2D eigenvalue weighted by Gasteiger charge is 2.31. The maximum absolute atomic E-state index is 14.2. The Bertz CT molecular complexity index is 989. The van der Waals surface area contributed by atoms with Crippen LogP contribution in [0.15, 0.2) is 48.8 Å². The molecular formula is C21H18F4N2O. The van der Waals surface area contributed by atoms with Crippen molar-refractivity contribution in [3.05, 3.63) is 71.6 Å². The Morgan fingerprint density at radius 3 is 2.64 bits per heavy atom. The van der Waals surface area contributed by atoms with E-state index in [0.29, 0.717) is 24.9 Å². The normalized spacial score (nSPS) is 19.0. The van der Waals surface area contributed by atoms with Gasteiger partial charge in [-0.05, 0) is 54.6 Å². The Morgan fingerprint density at radius 2 is 1.86 bits per heavy atom. The molecule has 1 fully saturated rings. The van der Waals surface area contributed by atoms with Crippen LogP contribution in [0.1, 0.15) is 30.4 Å². The number of fused-ring (bicyclic) bond motifs is 1. The summed E-state index contributed by atoms with van der Waals surface area (Å²) in [6, 6.07) is 8.44. The zero-order chi connectivity index (χ0) is 19.7. The quantitative estimate of drug-likeness (QED) is 0.591. The smallest absolute Gasteiger partial charge is 0.266 e. The van der Waals surface area contributed by atoms with Gasteiger partial charge >= 0.3 is 0 Å². The van der Waals surface area contributed by atoms with Crippen LogP contribution < -0.4 is 10.1 Å². The maximum atomic E-state index is 14.2. The molecule has 1 aliphatic carbocycles. The van der Waals surface area contributed by atoms with Crippen molar-refractivity contribution in [2.24, 2.45) is 0 Å². The van der Waals surface area contributed by atoms with Crippen molar-refractivity contribution < 1.29 is 22.3 Å². The minimum Gasteiger partial charge on any atom is -0.490 e. The van der Waals surface area contributed by atoms with E-state index < -0.39 is 17.8 Å². The highest BCUT2D eigenvalue weighted by Crippen LogP contribution is 2.31. The fourth-order valence-electron chi connectivity index (χ4n) is 3.42. The van der Waals surface area contributed by atoms with E-state index in [4.69, 9.17) is 4.74 Å². The van der Waals surface area contributed by atoms with Crippen LogP contribution in [0, 0.1) is 11.6 Å². The van der Waals surface area contributed by atoms with Crippen molar-refractivity contribution in [1.82, 2.24) is 10.3 Å². The predicted octanol–water partition coefficient (Wildman–Crippen LogP) is 5.15. The molecule has 3 nitrogen and oxygen atoms in total. The lowest BCUT2D eigenvalue weighted by Gasteiger charge is -2.36. The lowest BCUT2D eigenvalue weighted by Crippen LogP contribution is -2.46. The second kappa shape index (κ2) is 7.75. The first-order chi connectivity index (χ1) is 13.5. The summed E-state index contributed by atoms with van der Waals surface area (Å²) in [5.74, 6) is -0.986. The van der Waals surface area contributed by atoms with Gasteiger partial charge in [-0.15, -0.1) is 0 Å². The van der Waals surface area contributed by atoms with Gasteiger partial charge in [-0.3, -0.25) is 4.98 Å². The van der Waals surface area contributed by atoms with Gasteiger partial charge in [0.2, 0.25) is 0 Å². The highest BCUT2D eigenvalue weighted by atomic mass is 19.3. The minimum absolute atomic E-state index is 0.136. The standard InChI is InChI=1S/C21H18F4N2O/c22-19-4-2-14(9-17(19)21(24)25)28-15-7-13(8-15)27-11-18-16-5-6-26-10-12(16)1-3-20(18)23/h1-6,9-10,13,15,21,27H,7-8,11H2/t13-,15-.